The fourth-order valence-corrected chi connectivity index (χ4v) is 2.68. The summed E-state index contributed by atoms with van der Waals surface area (Å²) >= 11 is 0. The lowest BCUT2D eigenvalue weighted by Gasteiger charge is -2.50. The summed E-state index contributed by atoms with van der Waals surface area (Å²) < 4.78 is 26.0. The van der Waals surface area contributed by atoms with Crippen molar-refractivity contribution in [3.05, 3.63) is 0 Å². The van der Waals surface area contributed by atoms with E-state index >= 15 is 0 Å². The molecule has 1 aliphatic heterocycles. The Morgan fingerprint density at radius 3 is 2.22 bits per heavy atom. The second-order valence-corrected chi connectivity index (χ2v) is 6.08. The van der Waals surface area contributed by atoms with Gasteiger partial charge in [0.1, 0.15) is 5.60 Å². The van der Waals surface area contributed by atoms with Gasteiger partial charge in [-0.05, 0) is 18.8 Å². The third-order valence-corrected chi connectivity index (χ3v) is 4.38. The van der Waals surface area contributed by atoms with E-state index in [1.165, 1.54) is 0 Å². The molecule has 2 rings (SSSR count). The molecule has 0 atom stereocenters. The number of β-amino-alcohol motifs (C(OH)–C–C–N with tert-alkyl or cyclic N) is 1. The first-order chi connectivity index (χ1) is 8.23. The molecular weight excluding hydrogens is 240 g/mol. The highest BCUT2D eigenvalue weighted by Crippen LogP contribution is 2.38. The number of carbonyl (C=O) groups excluding carboxylic acids is 1. The van der Waals surface area contributed by atoms with Crippen molar-refractivity contribution in [1.82, 2.24) is 4.90 Å². The zero-order valence-corrected chi connectivity index (χ0v) is 11.0. The Labute approximate surface area is 106 Å². The number of nitrogens with zero attached hydrogens (tertiary/aromatic N) is 1. The molecule has 1 aliphatic carbocycles. The van der Waals surface area contributed by atoms with Crippen molar-refractivity contribution in [1.29, 1.82) is 0 Å². The number of alkyl halides is 2. The molecule has 0 unspecified atom stereocenters. The van der Waals surface area contributed by atoms with Crippen LogP contribution in [0.25, 0.3) is 0 Å². The summed E-state index contributed by atoms with van der Waals surface area (Å²) in [6, 6.07) is 0. The van der Waals surface area contributed by atoms with Gasteiger partial charge in [0.15, 0.2) is 0 Å². The molecule has 1 saturated carbocycles. The smallest absolute Gasteiger partial charge is 0.248 e. The topological polar surface area (TPSA) is 40.5 Å². The molecule has 0 radical (unpaired) electrons. The van der Waals surface area contributed by atoms with Crippen LogP contribution < -0.4 is 0 Å². The highest BCUT2D eigenvalue weighted by Gasteiger charge is 2.48. The lowest BCUT2D eigenvalue weighted by molar-refractivity contribution is -0.170. The molecule has 2 aliphatic rings. The monoisotopic (exact) mass is 261 g/mol. The first-order valence-electron chi connectivity index (χ1n) is 6.62. The zero-order chi connectivity index (χ0) is 13.6. The molecule has 1 N–H and O–H groups in total. The lowest BCUT2D eigenvalue weighted by atomic mass is 9.80. The SMILES string of the molecule is CC(C)C1(O)CN(C(=O)C2CCC(F)(F)CC2)C1. The second kappa shape index (κ2) is 4.44. The van der Waals surface area contributed by atoms with Crippen LogP contribution in [0.2, 0.25) is 0 Å². The van der Waals surface area contributed by atoms with Crippen molar-refractivity contribution >= 4 is 5.91 Å². The number of hydrogen-bond acceptors (Lipinski definition) is 2. The quantitative estimate of drug-likeness (QED) is 0.826. The van der Waals surface area contributed by atoms with Gasteiger partial charge in [-0.3, -0.25) is 4.79 Å². The Morgan fingerprint density at radius 1 is 1.28 bits per heavy atom. The van der Waals surface area contributed by atoms with Crippen LogP contribution >= 0.6 is 0 Å². The molecule has 0 spiro atoms. The molecule has 104 valence electrons. The molecule has 3 nitrogen and oxygen atoms in total. The number of amides is 1. The van der Waals surface area contributed by atoms with Crippen LogP contribution in [0.15, 0.2) is 0 Å². The molecule has 0 aromatic carbocycles. The third-order valence-electron chi connectivity index (χ3n) is 4.38. The van der Waals surface area contributed by atoms with Crippen LogP contribution in [0.1, 0.15) is 39.5 Å². The molecule has 2 fully saturated rings. The van der Waals surface area contributed by atoms with Gasteiger partial charge in [-0.1, -0.05) is 13.8 Å². The zero-order valence-electron chi connectivity index (χ0n) is 11.0. The van der Waals surface area contributed by atoms with E-state index in [-0.39, 0.29) is 43.4 Å². The largest absolute Gasteiger partial charge is 0.386 e. The van der Waals surface area contributed by atoms with Gasteiger partial charge in [0.05, 0.1) is 13.1 Å². The van der Waals surface area contributed by atoms with Crippen molar-refractivity contribution in [3.63, 3.8) is 0 Å². The van der Waals surface area contributed by atoms with Crippen LogP contribution in [0.5, 0.6) is 0 Å². The van der Waals surface area contributed by atoms with E-state index in [1.54, 1.807) is 4.90 Å². The summed E-state index contributed by atoms with van der Waals surface area (Å²) in [6.07, 6.45) is 0.155. The Balaban J connectivity index is 1.84. The van der Waals surface area contributed by atoms with Crippen LogP contribution in [0, 0.1) is 11.8 Å². The average Bonchev–Trinajstić information content (AvgIpc) is 2.23. The Kier molecular flexibility index (Phi) is 3.38. The van der Waals surface area contributed by atoms with Gasteiger partial charge in [0, 0.05) is 18.8 Å². The van der Waals surface area contributed by atoms with E-state index in [9.17, 15) is 18.7 Å². The van der Waals surface area contributed by atoms with Gasteiger partial charge in [-0.25, -0.2) is 8.78 Å². The maximum Gasteiger partial charge on any atom is 0.248 e. The number of likely N-dealkylation sites (tertiary alicyclic amines) is 1. The van der Waals surface area contributed by atoms with Gasteiger partial charge < -0.3 is 10.0 Å². The fourth-order valence-electron chi connectivity index (χ4n) is 2.68. The number of halogens is 2. The van der Waals surface area contributed by atoms with E-state index < -0.39 is 11.5 Å². The van der Waals surface area contributed by atoms with Crippen molar-refractivity contribution in [2.45, 2.75) is 51.1 Å². The molecule has 1 heterocycles. The van der Waals surface area contributed by atoms with Crippen LogP contribution in [0.3, 0.4) is 0 Å². The number of rotatable bonds is 2. The minimum Gasteiger partial charge on any atom is -0.386 e. The summed E-state index contributed by atoms with van der Waals surface area (Å²) in [4.78, 5) is 13.7. The minimum absolute atomic E-state index is 0.0594. The average molecular weight is 261 g/mol. The Morgan fingerprint density at radius 2 is 1.78 bits per heavy atom. The van der Waals surface area contributed by atoms with Gasteiger partial charge in [-0.15, -0.1) is 0 Å². The normalized spacial score (nSPS) is 27.1. The Bertz CT molecular complexity index is 328. The number of carbonyl (C=O) groups is 1. The minimum atomic E-state index is -2.59. The van der Waals surface area contributed by atoms with Crippen molar-refractivity contribution in [2.24, 2.45) is 11.8 Å². The summed E-state index contributed by atoms with van der Waals surface area (Å²) in [5, 5.41) is 10.1. The number of hydrogen-bond donors (Lipinski definition) is 1. The van der Waals surface area contributed by atoms with Crippen LogP contribution in [-0.4, -0.2) is 40.5 Å². The van der Waals surface area contributed by atoms with Gasteiger partial charge in [0.2, 0.25) is 11.8 Å². The molecule has 5 heteroatoms. The van der Waals surface area contributed by atoms with E-state index in [2.05, 4.69) is 0 Å². The molecular formula is C13H21F2NO2. The van der Waals surface area contributed by atoms with E-state index in [1.807, 2.05) is 13.8 Å². The fraction of sp³-hybridized carbons (Fsp3) is 0.923. The third kappa shape index (κ3) is 2.51. The predicted molar refractivity (Wildman–Crippen MR) is 63.3 cm³/mol. The van der Waals surface area contributed by atoms with Gasteiger partial charge in [0.25, 0.3) is 0 Å². The highest BCUT2D eigenvalue weighted by molar-refractivity contribution is 5.80. The van der Waals surface area contributed by atoms with Crippen molar-refractivity contribution in [3.8, 4) is 0 Å². The molecule has 18 heavy (non-hydrogen) atoms. The van der Waals surface area contributed by atoms with Crippen LogP contribution in [-0.2, 0) is 4.79 Å². The summed E-state index contributed by atoms with van der Waals surface area (Å²) in [5.74, 6) is -2.82. The molecule has 0 aromatic heterocycles. The lowest BCUT2D eigenvalue weighted by Crippen LogP contribution is -2.66. The first kappa shape index (κ1) is 13.7. The van der Waals surface area contributed by atoms with Crippen molar-refractivity contribution in [2.75, 3.05) is 13.1 Å². The molecule has 0 aromatic rings. The maximum atomic E-state index is 13.0. The van der Waals surface area contributed by atoms with Crippen molar-refractivity contribution < 1.29 is 18.7 Å². The second-order valence-electron chi connectivity index (χ2n) is 6.08. The summed E-state index contributed by atoms with van der Waals surface area (Å²) in [6.45, 7) is 4.53. The highest BCUT2D eigenvalue weighted by atomic mass is 19.3. The van der Waals surface area contributed by atoms with Gasteiger partial charge in [-0.2, -0.15) is 0 Å². The van der Waals surface area contributed by atoms with E-state index in [0.29, 0.717) is 13.1 Å². The standard InChI is InChI=1S/C13H21F2NO2/c1-9(2)12(18)7-16(8-12)11(17)10-3-5-13(14,15)6-4-10/h9-10,18H,3-8H2,1-2H3. The Hall–Kier alpha value is -0.710. The summed E-state index contributed by atoms with van der Waals surface area (Å²) in [7, 11) is 0. The molecule has 0 bridgehead atoms. The number of aliphatic hydroxyl groups is 1. The first-order valence-corrected chi connectivity index (χ1v) is 6.62. The van der Waals surface area contributed by atoms with E-state index in [0.717, 1.165) is 0 Å². The maximum absolute atomic E-state index is 13.0. The van der Waals surface area contributed by atoms with Crippen LogP contribution in [0.4, 0.5) is 8.78 Å². The van der Waals surface area contributed by atoms with Gasteiger partial charge >= 0.3 is 0 Å². The summed E-state index contributed by atoms with van der Waals surface area (Å²) in [5.41, 5.74) is -0.783. The predicted octanol–water partition coefficient (Wildman–Crippen LogP) is 2.04. The molecule has 1 saturated heterocycles. The van der Waals surface area contributed by atoms with E-state index in [4.69, 9.17) is 0 Å². The molecule has 1 amide bonds.